The van der Waals surface area contributed by atoms with E-state index in [0.29, 0.717) is 31.4 Å². The summed E-state index contributed by atoms with van der Waals surface area (Å²) in [6.07, 6.45) is 1.37. The first kappa shape index (κ1) is 21.1. The number of halogens is 1. The highest BCUT2D eigenvalue weighted by molar-refractivity contribution is 5.94. The Balaban J connectivity index is 1.79. The van der Waals surface area contributed by atoms with Gasteiger partial charge in [0.05, 0.1) is 18.8 Å². The molecule has 1 aromatic carbocycles. The average molecular weight is 381 g/mol. The van der Waals surface area contributed by atoms with Crippen LogP contribution >= 0.6 is 0 Å². The van der Waals surface area contributed by atoms with Crippen LogP contribution in [0.3, 0.4) is 0 Å². The van der Waals surface area contributed by atoms with Gasteiger partial charge in [-0.3, -0.25) is 4.79 Å². The lowest BCUT2D eigenvalue weighted by atomic mass is 9.96. The van der Waals surface area contributed by atoms with Crippen molar-refractivity contribution in [2.24, 2.45) is 0 Å². The maximum absolute atomic E-state index is 13.0. The van der Waals surface area contributed by atoms with Crippen molar-refractivity contribution in [3.8, 4) is 0 Å². The summed E-state index contributed by atoms with van der Waals surface area (Å²) in [5.74, 6) is -0.730. The fourth-order valence-corrected chi connectivity index (χ4v) is 3.02. The van der Waals surface area contributed by atoms with Crippen molar-refractivity contribution >= 4 is 11.9 Å². The molecule has 0 aromatic heterocycles. The van der Waals surface area contributed by atoms with Gasteiger partial charge in [0, 0.05) is 18.2 Å². The zero-order valence-electron chi connectivity index (χ0n) is 15.7. The third kappa shape index (κ3) is 6.80. The van der Waals surface area contributed by atoms with Gasteiger partial charge in [-0.1, -0.05) is 0 Å². The standard InChI is InChI=1S/C19H28FN3O4/c1-12(2)22-19(26)21-10-9-15-7-8-16(17(11-24)27-15)23-18(25)13-3-5-14(20)6-4-13/h3-6,12,15-17,24H,7-11H2,1-2H3,(H,23,25)(H2,21,22,26)/t15-,16-,17-/m1/s1. The highest BCUT2D eigenvalue weighted by Crippen LogP contribution is 2.22. The summed E-state index contributed by atoms with van der Waals surface area (Å²) in [5.41, 5.74) is 0.357. The van der Waals surface area contributed by atoms with Crippen LogP contribution in [0.1, 0.15) is 43.5 Å². The lowest BCUT2D eigenvalue weighted by Gasteiger charge is -2.36. The molecule has 3 atom stereocenters. The van der Waals surface area contributed by atoms with Gasteiger partial charge in [-0.15, -0.1) is 0 Å². The molecule has 0 spiro atoms. The van der Waals surface area contributed by atoms with Crippen LogP contribution in [0.5, 0.6) is 0 Å². The van der Waals surface area contributed by atoms with Crippen molar-refractivity contribution < 1.29 is 23.8 Å². The van der Waals surface area contributed by atoms with Crippen molar-refractivity contribution in [2.75, 3.05) is 13.2 Å². The lowest BCUT2D eigenvalue weighted by Crippen LogP contribution is -2.51. The summed E-state index contributed by atoms with van der Waals surface area (Å²) in [6, 6.07) is 4.82. The van der Waals surface area contributed by atoms with E-state index in [1.807, 2.05) is 13.8 Å². The minimum absolute atomic E-state index is 0.0696. The summed E-state index contributed by atoms with van der Waals surface area (Å²) >= 11 is 0. The van der Waals surface area contributed by atoms with Crippen LogP contribution in [0.15, 0.2) is 24.3 Å². The number of aliphatic hydroxyl groups excluding tert-OH is 1. The van der Waals surface area contributed by atoms with Crippen molar-refractivity contribution in [2.45, 2.75) is 57.4 Å². The van der Waals surface area contributed by atoms with Crippen molar-refractivity contribution in [3.05, 3.63) is 35.6 Å². The van der Waals surface area contributed by atoms with Crippen LogP contribution in [-0.2, 0) is 4.74 Å². The number of carbonyl (C=O) groups is 2. The molecule has 3 amide bonds. The Morgan fingerprint density at radius 3 is 2.59 bits per heavy atom. The zero-order valence-corrected chi connectivity index (χ0v) is 15.7. The van der Waals surface area contributed by atoms with Crippen LogP contribution in [0.25, 0.3) is 0 Å². The molecule has 1 aromatic rings. The van der Waals surface area contributed by atoms with E-state index in [2.05, 4.69) is 16.0 Å². The van der Waals surface area contributed by atoms with Gasteiger partial charge in [-0.2, -0.15) is 0 Å². The van der Waals surface area contributed by atoms with Gasteiger partial charge >= 0.3 is 6.03 Å². The first-order valence-electron chi connectivity index (χ1n) is 9.26. The molecule has 1 saturated heterocycles. The Hall–Kier alpha value is -2.19. The van der Waals surface area contributed by atoms with Crippen LogP contribution in [0, 0.1) is 5.82 Å². The Morgan fingerprint density at radius 1 is 1.26 bits per heavy atom. The highest BCUT2D eigenvalue weighted by atomic mass is 19.1. The molecule has 0 radical (unpaired) electrons. The molecule has 2 rings (SSSR count). The number of benzene rings is 1. The summed E-state index contributed by atoms with van der Waals surface area (Å²) in [4.78, 5) is 23.8. The molecule has 27 heavy (non-hydrogen) atoms. The van der Waals surface area contributed by atoms with E-state index in [0.717, 1.165) is 0 Å². The molecule has 7 nitrogen and oxygen atoms in total. The van der Waals surface area contributed by atoms with Crippen LogP contribution in [-0.4, -0.2) is 54.5 Å². The number of hydrogen-bond donors (Lipinski definition) is 4. The molecule has 0 aliphatic carbocycles. The maximum Gasteiger partial charge on any atom is 0.314 e. The van der Waals surface area contributed by atoms with Crippen LogP contribution < -0.4 is 16.0 Å². The van der Waals surface area contributed by atoms with Crippen molar-refractivity contribution in [3.63, 3.8) is 0 Å². The number of urea groups is 1. The van der Waals surface area contributed by atoms with E-state index < -0.39 is 11.9 Å². The minimum Gasteiger partial charge on any atom is -0.394 e. The normalized spacial score (nSPS) is 22.3. The maximum atomic E-state index is 13.0. The van der Waals surface area contributed by atoms with E-state index in [9.17, 15) is 19.1 Å². The SMILES string of the molecule is CC(C)NC(=O)NCC[C@H]1CC[C@@H](NC(=O)c2ccc(F)cc2)[C@@H](CO)O1. The second-order valence-corrected chi connectivity index (χ2v) is 6.99. The fraction of sp³-hybridized carbons (Fsp3) is 0.579. The Bertz CT molecular complexity index is 624. The third-order valence-electron chi connectivity index (χ3n) is 4.39. The van der Waals surface area contributed by atoms with Crippen LogP contribution in [0.2, 0.25) is 0 Å². The number of hydrogen-bond acceptors (Lipinski definition) is 4. The van der Waals surface area contributed by atoms with Gasteiger partial charge in [0.1, 0.15) is 11.9 Å². The quantitative estimate of drug-likeness (QED) is 0.576. The molecule has 150 valence electrons. The first-order valence-corrected chi connectivity index (χ1v) is 9.26. The van der Waals surface area contributed by atoms with Gasteiger partial charge in [0.15, 0.2) is 0 Å². The number of aliphatic hydroxyl groups is 1. The molecule has 0 saturated carbocycles. The topological polar surface area (TPSA) is 99.7 Å². The molecule has 0 unspecified atom stereocenters. The monoisotopic (exact) mass is 381 g/mol. The van der Waals surface area contributed by atoms with Gasteiger partial charge in [-0.05, 0) is 57.4 Å². The average Bonchev–Trinajstić information content (AvgIpc) is 2.62. The predicted molar refractivity (Wildman–Crippen MR) is 98.9 cm³/mol. The number of ether oxygens (including phenoxy) is 1. The van der Waals surface area contributed by atoms with E-state index in [4.69, 9.17) is 4.74 Å². The van der Waals surface area contributed by atoms with E-state index in [1.54, 1.807) is 0 Å². The molecule has 1 aliphatic rings. The highest BCUT2D eigenvalue weighted by Gasteiger charge is 2.31. The molecule has 1 fully saturated rings. The molecule has 4 N–H and O–H groups in total. The number of amides is 3. The largest absolute Gasteiger partial charge is 0.394 e. The van der Waals surface area contributed by atoms with Crippen LogP contribution in [0.4, 0.5) is 9.18 Å². The Kier molecular flexibility index (Phi) is 7.99. The summed E-state index contributed by atoms with van der Waals surface area (Å²) in [6.45, 7) is 4.02. The minimum atomic E-state index is -0.516. The van der Waals surface area contributed by atoms with E-state index in [-0.39, 0.29) is 36.7 Å². The van der Waals surface area contributed by atoms with E-state index >= 15 is 0 Å². The molecular formula is C19H28FN3O4. The second-order valence-electron chi connectivity index (χ2n) is 6.99. The Labute approximate surface area is 158 Å². The van der Waals surface area contributed by atoms with Gasteiger partial charge in [0.25, 0.3) is 5.91 Å². The number of nitrogens with one attached hydrogen (secondary N) is 3. The summed E-state index contributed by atoms with van der Waals surface area (Å²) < 4.78 is 18.8. The van der Waals surface area contributed by atoms with Gasteiger partial charge in [0.2, 0.25) is 0 Å². The summed E-state index contributed by atoms with van der Waals surface area (Å²) in [5, 5.41) is 18.0. The third-order valence-corrected chi connectivity index (χ3v) is 4.39. The van der Waals surface area contributed by atoms with Gasteiger partial charge in [-0.25, -0.2) is 9.18 Å². The molecule has 0 bridgehead atoms. The second kappa shape index (κ2) is 10.2. The molecule has 1 aliphatic heterocycles. The zero-order chi connectivity index (χ0) is 19.8. The lowest BCUT2D eigenvalue weighted by molar-refractivity contribution is -0.0892. The number of carbonyl (C=O) groups excluding carboxylic acids is 2. The molecular weight excluding hydrogens is 353 g/mol. The number of rotatable bonds is 7. The first-order chi connectivity index (χ1) is 12.9. The molecule has 8 heteroatoms. The molecule has 1 heterocycles. The Morgan fingerprint density at radius 2 is 1.96 bits per heavy atom. The fourth-order valence-electron chi connectivity index (χ4n) is 3.02. The smallest absolute Gasteiger partial charge is 0.314 e. The summed E-state index contributed by atoms with van der Waals surface area (Å²) in [7, 11) is 0. The van der Waals surface area contributed by atoms with Crippen molar-refractivity contribution in [1.82, 2.24) is 16.0 Å². The van der Waals surface area contributed by atoms with E-state index in [1.165, 1.54) is 24.3 Å². The van der Waals surface area contributed by atoms with Gasteiger partial charge < -0.3 is 25.8 Å². The predicted octanol–water partition coefficient (Wildman–Crippen LogP) is 1.56. The van der Waals surface area contributed by atoms with Crippen molar-refractivity contribution in [1.29, 1.82) is 0 Å².